The quantitative estimate of drug-likeness (QED) is 0.486. The van der Waals surface area contributed by atoms with Crippen molar-refractivity contribution in [3.05, 3.63) is 59.7 Å². The van der Waals surface area contributed by atoms with Crippen LogP contribution in [0.2, 0.25) is 0 Å². The first-order valence-electron chi connectivity index (χ1n) is 9.36. The van der Waals surface area contributed by atoms with E-state index in [4.69, 9.17) is 9.47 Å². The van der Waals surface area contributed by atoms with Gasteiger partial charge in [-0.1, -0.05) is 63.8 Å². The van der Waals surface area contributed by atoms with Gasteiger partial charge < -0.3 is 9.47 Å². The van der Waals surface area contributed by atoms with Crippen molar-refractivity contribution in [2.75, 3.05) is 13.2 Å². The van der Waals surface area contributed by atoms with E-state index in [0.717, 1.165) is 11.5 Å². The maximum absolute atomic E-state index is 5.74. The van der Waals surface area contributed by atoms with Gasteiger partial charge >= 0.3 is 0 Å². The maximum Gasteiger partial charge on any atom is 0.127 e. The lowest BCUT2D eigenvalue weighted by Gasteiger charge is -2.25. The molecular formula is C23H31O2. The van der Waals surface area contributed by atoms with Crippen LogP contribution in [0.25, 0.3) is 0 Å². The zero-order valence-electron chi connectivity index (χ0n) is 16.1. The van der Waals surface area contributed by atoms with E-state index in [1.165, 1.54) is 36.8 Å². The van der Waals surface area contributed by atoms with Crippen LogP contribution in [-0.4, -0.2) is 13.2 Å². The van der Waals surface area contributed by atoms with Gasteiger partial charge in [0.05, 0.1) is 0 Å². The lowest BCUT2D eigenvalue weighted by Crippen LogP contribution is -2.17. The third-order valence-corrected chi connectivity index (χ3v) is 4.60. The van der Waals surface area contributed by atoms with Crippen LogP contribution in [-0.2, 0) is 5.41 Å². The van der Waals surface area contributed by atoms with E-state index in [-0.39, 0.29) is 5.41 Å². The number of hydrogen-bond acceptors (Lipinski definition) is 2. The highest BCUT2D eigenvalue weighted by Crippen LogP contribution is 2.30. The van der Waals surface area contributed by atoms with Crippen LogP contribution in [0.4, 0.5) is 0 Å². The van der Waals surface area contributed by atoms with Gasteiger partial charge in [0, 0.05) is 6.07 Å². The minimum atomic E-state index is 0.193. The number of benzene rings is 2. The van der Waals surface area contributed by atoms with Gasteiger partial charge in [-0.2, -0.15) is 0 Å². The fourth-order valence-electron chi connectivity index (χ4n) is 2.83. The maximum atomic E-state index is 5.74. The second-order valence-corrected chi connectivity index (χ2v) is 7.29. The van der Waals surface area contributed by atoms with Gasteiger partial charge in [0.15, 0.2) is 0 Å². The second kappa shape index (κ2) is 9.50. The van der Waals surface area contributed by atoms with Crippen molar-refractivity contribution >= 4 is 0 Å². The fourth-order valence-corrected chi connectivity index (χ4v) is 2.83. The molecular weight excluding hydrogens is 308 g/mol. The zero-order chi connectivity index (χ0) is 18.1. The summed E-state index contributed by atoms with van der Waals surface area (Å²) in [7, 11) is 0. The molecule has 2 rings (SSSR count). The summed E-state index contributed by atoms with van der Waals surface area (Å²) in [5, 5.41) is 0. The Bertz CT molecular complexity index is 612. The fraction of sp³-hybridized carbons (Fsp3) is 0.478. The van der Waals surface area contributed by atoms with Gasteiger partial charge in [0.25, 0.3) is 0 Å². The van der Waals surface area contributed by atoms with Crippen molar-refractivity contribution in [2.45, 2.75) is 58.8 Å². The molecule has 2 aromatic rings. The summed E-state index contributed by atoms with van der Waals surface area (Å²) >= 11 is 0. The molecule has 2 heteroatoms. The molecule has 0 aliphatic carbocycles. The van der Waals surface area contributed by atoms with Crippen LogP contribution in [0.1, 0.15) is 57.6 Å². The molecule has 0 amide bonds. The number of rotatable bonds is 10. The minimum Gasteiger partial charge on any atom is -0.490 e. The van der Waals surface area contributed by atoms with E-state index in [9.17, 15) is 0 Å². The van der Waals surface area contributed by atoms with Crippen LogP contribution < -0.4 is 9.47 Å². The molecule has 0 aliphatic rings. The Morgan fingerprint density at radius 3 is 2.28 bits per heavy atom. The van der Waals surface area contributed by atoms with Crippen molar-refractivity contribution in [3.63, 3.8) is 0 Å². The first-order valence-corrected chi connectivity index (χ1v) is 9.36. The van der Waals surface area contributed by atoms with E-state index >= 15 is 0 Å². The summed E-state index contributed by atoms with van der Waals surface area (Å²) in [5.74, 6) is 1.66. The SMILES string of the molecule is CCCCCC(C)(C)c1c[c]c(OCCOc2ccc(C)cc2)cc1. The third-order valence-electron chi connectivity index (χ3n) is 4.60. The Morgan fingerprint density at radius 2 is 1.64 bits per heavy atom. The molecule has 0 bridgehead atoms. The summed E-state index contributed by atoms with van der Waals surface area (Å²) in [6, 6.07) is 17.6. The predicted molar refractivity (Wildman–Crippen MR) is 105 cm³/mol. The van der Waals surface area contributed by atoms with Crippen LogP contribution in [0.15, 0.2) is 42.5 Å². The van der Waals surface area contributed by atoms with Crippen LogP contribution in [0.3, 0.4) is 0 Å². The molecule has 25 heavy (non-hydrogen) atoms. The topological polar surface area (TPSA) is 18.5 Å². The molecule has 0 unspecified atom stereocenters. The van der Waals surface area contributed by atoms with E-state index in [0.29, 0.717) is 13.2 Å². The Kier molecular flexibility index (Phi) is 7.36. The number of aryl methyl sites for hydroxylation is 1. The Hall–Kier alpha value is -1.96. The molecule has 0 aliphatic heterocycles. The molecule has 0 aromatic heterocycles. The van der Waals surface area contributed by atoms with Gasteiger partial charge in [-0.25, -0.2) is 0 Å². The van der Waals surface area contributed by atoms with Crippen molar-refractivity contribution in [3.8, 4) is 11.5 Å². The van der Waals surface area contributed by atoms with E-state index in [1.807, 2.05) is 30.3 Å². The molecule has 0 heterocycles. The number of unbranched alkanes of at least 4 members (excludes halogenated alkanes) is 2. The minimum absolute atomic E-state index is 0.193. The second-order valence-electron chi connectivity index (χ2n) is 7.29. The van der Waals surface area contributed by atoms with Crippen molar-refractivity contribution in [1.29, 1.82) is 0 Å². The highest BCUT2D eigenvalue weighted by atomic mass is 16.5. The standard InChI is InChI=1S/C23H31O2/c1-5-6-7-16-23(3,4)20-10-14-22(15-11-20)25-18-17-24-21-12-8-19(2)9-13-21/h8-14H,5-7,16-18H2,1-4H3. The molecule has 0 N–H and O–H groups in total. The molecule has 2 aromatic carbocycles. The summed E-state index contributed by atoms with van der Waals surface area (Å²) in [4.78, 5) is 0. The molecule has 0 fully saturated rings. The highest BCUT2D eigenvalue weighted by molar-refractivity contribution is 5.30. The smallest absolute Gasteiger partial charge is 0.127 e. The number of ether oxygens (including phenoxy) is 2. The van der Waals surface area contributed by atoms with Gasteiger partial charge in [-0.05, 0) is 48.6 Å². The summed E-state index contributed by atoms with van der Waals surface area (Å²) in [6.45, 7) is 9.97. The summed E-state index contributed by atoms with van der Waals surface area (Å²) in [6.07, 6.45) is 5.05. The van der Waals surface area contributed by atoms with Gasteiger partial charge in [0.1, 0.15) is 24.7 Å². The lowest BCUT2D eigenvalue weighted by molar-refractivity contribution is 0.216. The molecule has 0 atom stereocenters. The normalized spacial score (nSPS) is 11.4. The van der Waals surface area contributed by atoms with Gasteiger partial charge in [-0.3, -0.25) is 0 Å². The summed E-state index contributed by atoms with van der Waals surface area (Å²) in [5.41, 5.74) is 2.75. The summed E-state index contributed by atoms with van der Waals surface area (Å²) < 4.78 is 11.4. The monoisotopic (exact) mass is 339 g/mol. The Balaban J connectivity index is 1.77. The van der Waals surface area contributed by atoms with Crippen LogP contribution in [0, 0.1) is 13.0 Å². The average Bonchev–Trinajstić information content (AvgIpc) is 2.61. The van der Waals surface area contributed by atoms with E-state index in [2.05, 4.69) is 45.9 Å². The van der Waals surface area contributed by atoms with Gasteiger partial charge in [-0.15, -0.1) is 0 Å². The molecule has 1 radical (unpaired) electrons. The zero-order valence-corrected chi connectivity index (χ0v) is 16.1. The van der Waals surface area contributed by atoms with E-state index < -0.39 is 0 Å². The number of hydrogen-bond donors (Lipinski definition) is 0. The molecule has 135 valence electrons. The first kappa shape index (κ1) is 19.4. The lowest BCUT2D eigenvalue weighted by atomic mass is 9.80. The van der Waals surface area contributed by atoms with Crippen molar-refractivity contribution in [2.24, 2.45) is 0 Å². The Labute approximate surface area is 153 Å². The predicted octanol–water partition coefficient (Wildman–Crippen LogP) is 6.11. The molecule has 0 saturated carbocycles. The molecule has 0 saturated heterocycles. The largest absolute Gasteiger partial charge is 0.490 e. The van der Waals surface area contributed by atoms with Crippen molar-refractivity contribution < 1.29 is 9.47 Å². The highest BCUT2D eigenvalue weighted by Gasteiger charge is 2.19. The molecule has 0 spiro atoms. The van der Waals surface area contributed by atoms with E-state index in [1.54, 1.807) is 0 Å². The third kappa shape index (κ3) is 6.45. The first-order chi connectivity index (χ1) is 12.0. The Morgan fingerprint density at radius 1 is 0.920 bits per heavy atom. The average molecular weight is 339 g/mol. The van der Waals surface area contributed by atoms with Gasteiger partial charge in [0.2, 0.25) is 0 Å². The van der Waals surface area contributed by atoms with Crippen LogP contribution in [0.5, 0.6) is 11.5 Å². The molecule has 2 nitrogen and oxygen atoms in total. The van der Waals surface area contributed by atoms with Crippen LogP contribution >= 0.6 is 0 Å². The van der Waals surface area contributed by atoms with Crippen molar-refractivity contribution in [1.82, 2.24) is 0 Å².